The van der Waals surface area contributed by atoms with Crippen LogP contribution in [-0.2, 0) is 9.59 Å². The Labute approximate surface area is 99.6 Å². The SMILES string of the molecule is O=C(N[C@@H](C(=O)O)c1ccccc1)C1CCC1. The second-order valence-electron chi connectivity index (χ2n) is 4.32. The van der Waals surface area contributed by atoms with E-state index in [1.165, 1.54) is 0 Å². The van der Waals surface area contributed by atoms with Gasteiger partial charge in [-0.25, -0.2) is 4.79 Å². The average Bonchev–Trinajstić information content (AvgIpc) is 2.24. The number of nitrogens with one attached hydrogen (secondary N) is 1. The number of rotatable bonds is 4. The van der Waals surface area contributed by atoms with E-state index in [9.17, 15) is 9.59 Å². The molecule has 1 atom stereocenters. The van der Waals surface area contributed by atoms with Crippen LogP contribution in [0.5, 0.6) is 0 Å². The lowest BCUT2D eigenvalue weighted by atomic mass is 9.84. The molecule has 0 saturated heterocycles. The molecule has 90 valence electrons. The highest BCUT2D eigenvalue weighted by atomic mass is 16.4. The van der Waals surface area contributed by atoms with Crippen LogP contribution in [0.15, 0.2) is 30.3 Å². The van der Waals surface area contributed by atoms with Crippen LogP contribution in [0.1, 0.15) is 30.9 Å². The van der Waals surface area contributed by atoms with Crippen LogP contribution in [0.4, 0.5) is 0 Å². The smallest absolute Gasteiger partial charge is 0.330 e. The first-order valence-electron chi connectivity index (χ1n) is 5.76. The van der Waals surface area contributed by atoms with Crippen molar-refractivity contribution < 1.29 is 14.7 Å². The zero-order valence-corrected chi connectivity index (χ0v) is 9.43. The number of carboxylic acids is 1. The minimum atomic E-state index is -1.02. The van der Waals surface area contributed by atoms with E-state index in [1.54, 1.807) is 24.3 Å². The van der Waals surface area contributed by atoms with Crippen LogP contribution in [-0.4, -0.2) is 17.0 Å². The molecule has 0 heterocycles. The molecule has 0 unspecified atom stereocenters. The summed E-state index contributed by atoms with van der Waals surface area (Å²) in [6.07, 6.45) is 2.79. The maximum atomic E-state index is 11.7. The minimum absolute atomic E-state index is 0.000521. The van der Waals surface area contributed by atoms with E-state index in [0.717, 1.165) is 19.3 Å². The zero-order valence-electron chi connectivity index (χ0n) is 9.43. The third kappa shape index (κ3) is 2.64. The Kier molecular flexibility index (Phi) is 3.42. The molecule has 4 heteroatoms. The van der Waals surface area contributed by atoms with E-state index >= 15 is 0 Å². The van der Waals surface area contributed by atoms with E-state index in [1.807, 2.05) is 6.07 Å². The molecule has 17 heavy (non-hydrogen) atoms. The van der Waals surface area contributed by atoms with Crippen LogP contribution in [0.3, 0.4) is 0 Å². The third-order valence-electron chi connectivity index (χ3n) is 3.14. The average molecular weight is 233 g/mol. The molecule has 0 aliphatic heterocycles. The molecule has 1 fully saturated rings. The van der Waals surface area contributed by atoms with Crippen LogP contribution in [0.25, 0.3) is 0 Å². The number of hydrogen-bond donors (Lipinski definition) is 2. The van der Waals surface area contributed by atoms with Crippen LogP contribution >= 0.6 is 0 Å². The second kappa shape index (κ2) is 4.99. The molecule has 1 saturated carbocycles. The fraction of sp³-hybridized carbons (Fsp3) is 0.385. The predicted octanol–water partition coefficient (Wildman–Crippen LogP) is 1.73. The lowest BCUT2D eigenvalue weighted by Crippen LogP contribution is -2.39. The van der Waals surface area contributed by atoms with Gasteiger partial charge in [0.05, 0.1) is 0 Å². The van der Waals surface area contributed by atoms with E-state index in [0.29, 0.717) is 5.56 Å². The first-order valence-corrected chi connectivity index (χ1v) is 5.76. The van der Waals surface area contributed by atoms with Crippen LogP contribution in [0.2, 0.25) is 0 Å². The highest BCUT2D eigenvalue weighted by Crippen LogP contribution is 2.27. The van der Waals surface area contributed by atoms with Gasteiger partial charge in [-0.05, 0) is 18.4 Å². The van der Waals surface area contributed by atoms with Gasteiger partial charge < -0.3 is 10.4 Å². The van der Waals surface area contributed by atoms with Gasteiger partial charge in [-0.2, -0.15) is 0 Å². The van der Waals surface area contributed by atoms with E-state index in [-0.39, 0.29) is 11.8 Å². The number of hydrogen-bond acceptors (Lipinski definition) is 2. The monoisotopic (exact) mass is 233 g/mol. The molecule has 0 bridgehead atoms. The second-order valence-corrected chi connectivity index (χ2v) is 4.32. The maximum absolute atomic E-state index is 11.7. The summed E-state index contributed by atoms with van der Waals surface area (Å²) in [4.78, 5) is 22.9. The highest BCUT2D eigenvalue weighted by molar-refractivity contribution is 5.86. The van der Waals surface area contributed by atoms with E-state index in [4.69, 9.17) is 5.11 Å². The Balaban J connectivity index is 2.07. The summed E-state index contributed by atoms with van der Waals surface area (Å²) in [5.41, 5.74) is 0.604. The summed E-state index contributed by atoms with van der Waals surface area (Å²) in [5, 5.41) is 11.7. The number of aliphatic carboxylic acids is 1. The van der Waals surface area contributed by atoms with E-state index < -0.39 is 12.0 Å². The van der Waals surface area contributed by atoms with Gasteiger partial charge in [0.15, 0.2) is 6.04 Å². The molecule has 0 radical (unpaired) electrons. The van der Waals surface area contributed by atoms with Crippen LogP contribution < -0.4 is 5.32 Å². The Hall–Kier alpha value is -1.84. The van der Waals surface area contributed by atoms with Gasteiger partial charge >= 0.3 is 5.97 Å². The summed E-state index contributed by atoms with van der Waals surface area (Å²) in [6, 6.07) is 7.82. The number of carbonyl (C=O) groups is 2. The Morgan fingerprint density at radius 3 is 2.35 bits per heavy atom. The molecule has 2 rings (SSSR count). The van der Waals surface area contributed by atoms with Gasteiger partial charge in [-0.15, -0.1) is 0 Å². The summed E-state index contributed by atoms with van der Waals surface area (Å²) < 4.78 is 0. The molecule has 1 aliphatic rings. The quantitative estimate of drug-likeness (QED) is 0.832. The first kappa shape index (κ1) is 11.6. The van der Waals surface area contributed by atoms with Gasteiger partial charge in [-0.1, -0.05) is 36.8 Å². The lowest BCUT2D eigenvalue weighted by molar-refractivity contribution is -0.143. The zero-order chi connectivity index (χ0) is 12.3. The van der Waals surface area contributed by atoms with Gasteiger partial charge in [-0.3, -0.25) is 4.79 Å². The molecule has 0 aromatic heterocycles. The first-order chi connectivity index (χ1) is 8.18. The fourth-order valence-electron chi connectivity index (χ4n) is 1.86. The van der Waals surface area contributed by atoms with Crippen molar-refractivity contribution in [2.45, 2.75) is 25.3 Å². The number of benzene rings is 1. The van der Waals surface area contributed by atoms with Crippen molar-refractivity contribution in [3.63, 3.8) is 0 Å². The molecule has 1 aromatic carbocycles. The summed E-state index contributed by atoms with van der Waals surface area (Å²) in [6.45, 7) is 0. The topological polar surface area (TPSA) is 66.4 Å². The number of amides is 1. The van der Waals surface area contributed by atoms with Crippen molar-refractivity contribution in [2.24, 2.45) is 5.92 Å². The van der Waals surface area contributed by atoms with Crippen LogP contribution in [0, 0.1) is 5.92 Å². The van der Waals surface area contributed by atoms with Crippen molar-refractivity contribution in [1.29, 1.82) is 0 Å². The molecule has 4 nitrogen and oxygen atoms in total. The summed E-state index contributed by atoms with van der Waals surface area (Å²) >= 11 is 0. The maximum Gasteiger partial charge on any atom is 0.330 e. The van der Waals surface area contributed by atoms with Gasteiger partial charge in [0, 0.05) is 5.92 Å². The molecule has 0 spiro atoms. The van der Waals surface area contributed by atoms with Gasteiger partial charge in [0.2, 0.25) is 5.91 Å². The summed E-state index contributed by atoms with van der Waals surface area (Å²) in [5.74, 6) is -1.17. The Morgan fingerprint density at radius 2 is 1.88 bits per heavy atom. The third-order valence-corrected chi connectivity index (χ3v) is 3.14. The molecule has 1 aromatic rings. The number of carbonyl (C=O) groups excluding carboxylic acids is 1. The minimum Gasteiger partial charge on any atom is -0.479 e. The van der Waals surface area contributed by atoms with Crippen molar-refractivity contribution in [2.75, 3.05) is 0 Å². The normalized spacial score (nSPS) is 16.9. The standard InChI is InChI=1S/C13H15NO3/c15-12(10-7-4-8-10)14-11(13(16)17)9-5-2-1-3-6-9/h1-3,5-6,10-11H,4,7-8H2,(H,14,15)(H,16,17)/t11-/m1/s1. The van der Waals surface area contributed by atoms with Crippen molar-refractivity contribution in [3.8, 4) is 0 Å². The molecule has 1 amide bonds. The van der Waals surface area contributed by atoms with Gasteiger partial charge in [0.1, 0.15) is 0 Å². The van der Waals surface area contributed by atoms with Gasteiger partial charge in [0.25, 0.3) is 0 Å². The molecule has 1 aliphatic carbocycles. The molecule has 2 N–H and O–H groups in total. The fourth-order valence-corrected chi connectivity index (χ4v) is 1.86. The molecular weight excluding hydrogens is 218 g/mol. The largest absolute Gasteiger partial charge is 0.479 e. The molecular formula is C13H15NO3. The van der Waals surface area contributed by atoms with E-state index in [2.05, 4.69) is 5.32 Å². The lowest BCUT2D eigenvalue weighted by Gasteiger charge is -2.26. The Morgan fingerprint density at radius 1 is 1.24 bits per heavy atom. The Bertz CT molecular complexity index is 412. The highest BCUT2D eigenvalue weighted by Gasteiger charge is 2.29. The van der Waals surface area contributed by atoms with Crippen molar-refractivity contribution >= 4 is 11.9 Å². The number of carboxylic acid groups (broad SMARTS) is 1. The predicted molar refractivity (Wildman–Crippen MR) is 62.3 cm³/mol. The van der Waals surface area contributed by atoms with Crippen molar-refractivity contribution in [1.82, 2.24) is 5.32 Å². The van der Waals surface area contributed by atoms with Crippen molar-refractivity contribution in [3.05, 3.63) is 35.9 Å². The summed E-state index contributed by atoms with van der Waals surface area (Å²) in [7, 11) is 0.